The number of anilines is 1. The van der Waals surface area contributed by atoms with Gasteiger partial charge in [-0.15, -0.1) is 0 Å². The number of nitrogens with zero attached hydrogens (tertiary/aromatic N) is 2. The lowest BCUT2D eigenvalue weighted by atomic mass is 9.93. The number of piperidine rings is 1. The first-order chi connectivity index (χ1) is 16.4. The SMILES string of the molecule is CC(C)CC(C)N(C(=O)C1CCN(C(=O)CCc2ccccc2)CC1)c1ccc2[nH]ccc2c1. The quantitative estimate of drug-likeness (QED) is 0.462. The Kier molecular flexibility index (Phi) is 7.71. The molecule has 34 heavy (non-hydrogen) atoms. The topological polar surface area (TPSA) is 56.4 Å². The van der Waals surface area contributed by atoms with Crippen LogP contribution in [0.3, 0.4) is 0 Å². The Hall–Kier alpha value is -3.08. The number of hydrogen-bond donors (Lipinski definition) is 1. The molecule has 1 unspecified atom stereocenters. The smallest absolute Gasteiger partial charge is 0.230 e. The minimum absolute atomic E-state index is 0.0466. The molecule has 180 valence electrons. The summed E-state index contributed by atoms with van der Waals surface area (Å²) in [6.45, 7) is 7.88. The lowest BCUT2D eigenvalue weighted by Gasteiger charge is -2.37. The Morgan fingerprint density at radius 2 is 1.76 bits per heavy atom. The molecule has 1 atom stereocenters. The number of carbonyl (C=O) groups is 2. The number of likely N-dealkylation sites (tertiary alicyclic amines) is 1. The lowest BCUT2D eigenvalue weighted by Crippen LogP contribution is -2.47. The molecule has 0 aliphatic carbocycles. The van der Waals surface area contributed by atoms with Crippen LogP contribution in [0.4, 0.5) is 5.69 Å². The molecule has 2 amide bonds. The maximum Gasteiger partial charge on any atom is 0.230 e. The average molecular weight is 460 g/mol. The molecule has 5 nitrogen and oxygen atoms in total. The van der Waals surface area contributed by atoms with E-state index in [0.29, 0.717) is 25.4 Å². The van der Waals surface area contributed by atoms with Gasteiger partial charge in [0.1, 0.15) is 0 Å². The molecule has 3 aromatic rings. The van der Waals surface area contributed by atoms with Crippen LogP contribution in [0.1, 0.15) is 52.0 Å². The zero-order valence-corrected chi connectivity index (χ0v) is 20.7. The van der Waals surface area contributed by atoms with E-state index in [2.05, 4.69) is 56.1 Å². The number of rotatable bonds is 8. The summed E-state index contributed by atoms with van der Waals surface area (Å²) in [6, 6.07) is 18.5. The summed E-state index contributed by atoms with van der Waals surface area (Å²) in [5.41, 5.74) is 3.23. The van der Waals surface area contributed by atoms with E-state index in [9.17, 15) is 9.59 Å². The molecule has 2 aromatic carbocycles. The van der Waals surface area contributed by atoms with Crippen LogP contribution in [0.5, 0.6) is 0 Å². The Balaban J connectivity index is 1.41. The molecule has 0 radical (unpaired) electrons. The van der Waals surface area contributed by atoms with Gasteiger partial charge in [-0.2, -0.15) is 0 Å². The summed E-state index contributed by atoms with van der Waals surface area (Å²) in [5.74, 6) is 0.845. The van der Waals surface area contributed by atoms with E-state index in [4.69, 9.17) is 0 Å². The summed E-state index contributed by atoms with van der Waals surface area (Å²) in [7, 11) is 0. The van der Waals surface area contributed by atoms with Gasteiger partial charge in [0.15, 0.2) is 0 Å². The maximum atomic E-state index is 13.8. The van der Waals surface area contributed by atoms with Gasteiger partial charge in [0.05, 0.1) is 0 Å². The highest BCUT2D eigenvalue weighted by molar-refractivity contribution is 5.98. The van der Waals surface area contributed by atoms with E-state index in [-0.39, 0.29) is 23.8 Å². The second-order valence-corrected chi connectivity index (χ2v) is 10.1. The molecule has 1 aliphatic rings. The second kappa shape index (κ2) is 10.9. The number of amides is 2. The number of H-pyrrole nitrogens is 1. The first kappa shape index (κ1) is 24.1. The van der Waals surface area contributed by atoms with Crippen LogP contribution >= 0.6 is 0 Å². The third kappa shape index (κ3) is 5.69. The first-order valence-corrected chi connectivity index (χ1v) is 12.6. The van der Waals surface area contributed by atoms with Crippen molar-refractivity contribution in [3.63, 3.8) is 0 Å². The van der Waals surface area contributed by atoms with Crippen molar-refractivity contribution in [1.82, 2.24) is 9.88 Å². The summed E-state index contributed by atoms with van der Waals surface area (Å²) >= 11 is 0. The van der Waals surface area contributed by atoms with E-state index < -0.39 is 0 Å². The monoisotopic (exact) mass is 459 g/mol. The fourth-order valence-electron chi connectivity index (χ4n) is 5.20. The van der Waals surface area contributed by atoms with Crippen LogP contribution in [0.2, 0.25) is 0 Å². The molecular weight excluding hydrogens is 422 g/mol. The third-order valence-corrected chi connectivity index (χ3v) is 6.97. The molecular formula is C29H37N3O2. The molecule has 0 saturated carbocycles. The number of fused-ring (bicyclic) bond motifs is 1. The largest absolute Gasteiger partial charge is 0.361 e. The van der Waals surface area contributed by atoms with E-state index in [1.165, 1.54) is 5.56 Å². The van der Waals surface area contributed by atoms with E-state index in [1.807, 2.05) is 40.3 Å². The number of aromatic nitrogens is 1. The molecule has 1 aromatic heterocycles. The van der Waals surface area contributed by atoms with Crippen molar-refractivity contribution >= 4 is 28.4 Å². The van der Waals surface area contributed by atoms with Crippen LogP contribution < -0.4 is 4.90 Å². The molecule has 1 N–H and O–H groups in total. The zero-order chi connectivity index (χ0) is 24.1. The Morgan fingerprint density at radius 1 is 1.03 bits per heavy atom. The predicted molar refractivity (Wildman–Crippen MR) is 139 cm³/mol. The van der Waals surface area contributed by atoms with Crippen molar-refractivity contribution in [2.24, 2.45) is 11.8 Å². The van der Waals surface area contributed by atoms with Gasteiger partial charge in [-0.25, -0.2) is 0 Å². The molecule has 0 spiro atoms. The third-order valence-electron chi connectivity index (χ3n) is 6.97. The van der Waals surface area contributed by atoms with Crippen molar-refractivity contribution in [1.29, 1.82) is 0 Å². The van der Waals surface area contributed by atoms with Crippen LogP contribution in [-0.4, -0.2) is 40.8 Å². The Morgan fingerprint density at radius 3 is 2.47 bits per heavy atom. The van der Waals surface area contributed by atoms with Crippen molar-refractivity contribution in [2.75, 3.05) is 18.0 Å². The number of hydrogen-bond acceptors (Lipinski definition) is 2. The predicted octanol–water partition coefficient (Wildman–Crippen LogP) is 5.81. The van der Waals surface area contributed by atoms with Gasteiger partial charge < -0.3 is 14.8 Å². The Bertz CT molecular complexity index is 1100. The van der Waals surface area contributed by atoms with Gasteiger partial charge in [0.2, 0.25) is 11.8 Å². The molecule has 0 bridgehead atoms. The number of aromatic amines is 1. The Labute approximate surface area is 203 Å². The first-order valence-electron chi connectivity index (χ1n) is 12.6. The summed E-state index contributed by atoms with van der Waals surface area (Å²) in [5, 5.41) is 1.12. The summed E-state index contributed by atoms with van der Waals surface area (Å²) in [4.78, 5) is 33.8. The van der Waals surface area contributed by atoms with Gasteiger partial charge in [-0.3, -0.25) is 9.59 Å². The minimum Gasteiger partial charge on any atom is -0.361 e. The van der Waals surface area contributed by atoms with Crippen LogP contribution in [0.25, 0.3) is 10.9 Å². The fraction of sp³-hybridized carbons (Fsp3) is 0.448. The highest BCUT2D eigenvalue weighted by atomic mass is 16.2. The maximum absolute atomic E-state index is 13.8. The van der Waals surface area contributed by atoms with E-state index in [1.54, 1.807) is 0 Å². The van der Waals surface area contributed by atoms with E-state index in [0.717, 1.165) is 42.3 Å². The average Bonchev–Trinajstić information content (AvgIpc) is 3.31. The second-order valence-electron chi connectivity index (χ2n) is 10.1. The van der Waals surface area contributed by atoms with Gasteiger partial charge in [-0.05, 0) is 68.4 Å². The fourth-order valence-corrected chi connectivity index (χ4v) is 5.20. The van der Waals surface area contributed by atoms with Gasteiger partial charge in [0, 0.05) is 54.3 Å². The normalized spacial score (nSPS) is 15.6. The van der Waals surface area contributed by atoms with Gasteiger partial charge in [-0.1, -0.05) is 44.2 Å². The van der Waals surface area contributed by atoms with Crippen molar-refractivity contribution in [3.05, 3.63) is 66.4 Å². The van der Waals surface area contributed by atoms with Crippen molar-refractivity contribution < 1.29 is 9.59 Å². The van der Waals surface area contributed by atoms with Gasteiger partial charge >= 0.3 is 0 Å². The molecule has 1 saturated heterocycles. The summed E-state index contributed by atoms with van der Waals surface area (Å²) in [6.07, 6.45) is 5.63. The standard InChI is InChI=1S/C29H37N3O2/c1-21(2)19-22(3)32(26-10-11-27-25(20-26)13-16-30-27)29(34)24-14-17-31(18-15-24)28(33)12-9-23-7-5-4-6-8-23/h4-8,10-11,13,16,20-22,24,30H,9,12,14-15,17-19H2,1-3H3. The van der Waals surface area contributed by atoms with Crippen molar-refractivity contribution in [3.8, 4) is 0 Å². The molecule has 4 rings (SSSR count). The summed E-state index contributed by atoms with van der Waals surface area (Å²) < 4.78 is 0. The van der Waals surface area contributed by atoms with Crippen LogP contribution in [-0.2, 0) is 16.0 Å². The molecule has 5 heteroatoms. The number of benzene rings is 2. The van der Waals surface area contributed by atoms with Crippen LogP contribution in [0, 0.1) is 11.8 Å². The van der Waals surface area contributed by atoms with E-state index >= 15 is 0 Å². The molecule has 1 aliphatic heterocycles. The number of nitrogens with one attached hydrogen (secondary N) is 1. The number of carbonyl (C=O) groups excluding carboxylic acids is 2. The highest BCUT2D eigenvalue weighted by Crippen LogP contribution is 2.29. The zero-order valence-electron chi connectivity index (χ0n) is 20.7. The van der Waals surface area contributed by atoms with Crippen molar-refractivity contribution in [2.45, 2.75) is 58.9 Å². The molecule has 1 fully saturated rings. The highest BCUT2D eigenvalue weighted by Gasteiger charge is 2.33. The lowest BCUT2D eigenvalue weighted by molar-refractivity contribution is -0.135. The number of aryl methyl sites for hydroxylation is 1. The minimum atomic E-state index is -0.0466. The van der Waals surface area contributed by atoms with Gasteiger partial charge in [0.25, 0.3) is 0 Å². The molecule has 2 heterocycles. The van der Waals surface area contributed by atoms with Crippen LogP contribution in [0.15, 0.2) is 60.8 Å².